The zero-order valence-corrected chi connectivity index (χ0v) is 10.7. The van der Waals surface area contributed by atoms with Crippen LogP contribution < -0.4 is 5.32 Å². The third kappa shape index (κ3) is 2.44. The molecule has 3 rings (SSSR count). The Morgan fingerprint density at radius 3 is 2.85 bits per heavy atom. The van der Waals surface area contributed by atoms with Gasteiger partial charge in [0.1, 0.15) is 0 Å². The van der Waals surface area contributed by atoms with Gasteiger partial charge in [0.2, 0.25) is 10.1 Å². The third-order valence-electron chi connectivity index (χ3n) is 2.66. The monoisotopic (exact) mass is 299 g/mol. The number of anilines is 1. The molecule has 1 aromatic carbocycles. The van der Waals surface area contributed by atoms with Crippen LogP contribution in [-0.2, 0) is 12.7 Å². The standard InChI is InChI=1S/C11H8F3N5S/c12-11(13,14)9-18-19-10(20-9)15-4-6-2-1-3-7-5-16-17-8(6)7/h1-3,5H,4H2,(H,15,19)(H,16,17). The fourth-order valence-electron chi connectivity index (χ4n) is 1.76. The predicted octanol–water partition coefficient (Wildman–Crippen LogP) is 3.05. The molecule has 0 fully saturated rings. The van der Waals surface area contributed by atoms with E-state index in [9.17, 15) is 13.2 Å². The van der Waals surface area contributed by atoms with Crippen LogP contribution in [0.1, 0.15) is 10.6 Å². The van der Waals surface area contributed by atoms with Crippen molar-refractivity contribution >= 4 is 27.4 Å². The number of nitrogens with one attached hydrogen (secondary N) is 2. The number of para-hydroxylation sites is 1. The van der Waals surface area contributed by atoms with Gasteiger partial charge in [0.15, 0.2) is 0 Å². The molecule has 3 aromatic rings. The summed E-state index contributed by atoms with van der Waals surface area (Å²) in [6.07, 6.45) is -2.77. The first-order valence-electron chi connectivity index (χ1n) is 5.59. The maximum absolute atomic E-state index is 12.4. The lowest BCUT2D eigenvalue weighted by molar-refractivity contribution is -0.138. The van der Waals surface area contributed by atoms with Crippen molar-refractivity contribution in [2.45, 2.75) is 12.7 Å². The first-order valence-corrected chi connectivity index (χ1v) is 6.41. The van der Waals surface area contributed by atoms with E-state index in [4.69, 9.17) is 0 Å². The van der Waals surface area contributed by atoms with E-state index in [1.807, 2.05) is 18.2 Å². The first-order chi connectivity index (χ1) is 9.54. The molecule has 0 saturated heterocycles. The lowest BCUT2D eigenvalue weighted by atomic mass is 10.1. The molecule has 0 aliphatic carbocycles. The molecule has 0 aliphatic heterocycles. The summed E-state index contributed by atoms with van der Waals surface area (Å²) in [7, 11) is 0. The van der Waals surface area contributed by atoms with Gasteiger partial charge >= 0.3 is 6.18 Å². The molecule has 0 spiro atoms. The fourth-order valence-corrected chi connectivity index (χ4v) is 2.36. The molecule has 20 heavy (non-hydrogen) atoms. The zero-order chi connectivity index (χ0) is 14.2. The Morgan fingerprint density at radius 1 is 1.25 bits per heavy atom. The van der Waals surface area contributed by atoms with Gasteiger partial charge in [-0.05, 0) is 5.56 Å². The van der Waals surface area contributed by atoms with E-state index in [1.54, 1.807) is 6.20 Å². The summed E-state index contributed by atoms with van der Waals surface area (Å²) in [5.74, 6) is 0. The van der Waals surface area contributed by atoms with E-state index in [-0.39, 0.29) is 5.13 Å². The first kappa shape index (κ1) is 12.9. The summed E-state index contributed by atoms with van der Waals surface area (Å²) in [6.45, 7) is 0.339. The second-order valence-corrected chi connectivity index (χ2v) is 4.99. The maximum Gasteiger partial charge on any atom is 0.445 e. The van der Waals surface area contributed by atoms with Crippen LogP contribution in [0.5, 0.6) is 0 Å². The van der Waals surface area contributed by atoms with Crippen molar-refractivity contribution in [3.63, 3.8) is 0 Å². The van der Waals surface area contributed by atoms with Crippen LogP contribution in [0.25, 0.3) is 10.9 Å². The van der Waals surface area contributed by atoms with Crippen molar-refractivity contribution < 1.29 is 13.2 Å². The minimum absolute atomic E-state index is 0.133. The van der Waals surface area contributed by atoms with E-state index >= 15 is 0 Å². The van der Waals surface area contributed by atoms with Gasteiger partial charge in [-0.1, -0.05) is 29.5 Å². The van der Waals surface area contributed by atoms with Gasteiger partial charge in [-0.15, -0.1) is 10.2 Å². The number of hydrogen-bond donors (Lipinski definition) is 2. The second-order valence-electron chi connectivity index (χ2n) is 4.02. The second kappa shape index (κ2) is 4.75. The van der Waals surface area contributed by atoms with Crippen molar-refractivity contribution in [1.82, 2.24) is 20.4 Å². The van der Waals surface area contributed by atoms with Crippen LogP contribution in [0.3, 0.4) is 0 Å². The molecule has 2 N–H and O–H groups in total. The van der Waals surface area contributed by atoms with Gasteiger partial charge in [0.25, 0.3) is 0 Å². The average molecular weight is 299 g/mol. The number of fused-ring (bicyclic) bond motifs is 1. The summed E-state index contributed by atoms with van der Waals surface area (Å²) in [5.41, 5.74) is 1.74. The molecule has 2 heterocycles. The number of benzene rings is 1. The van der Waals surface area contributed by atoms with Gasteiger partial charge in [-0.25, -0.2) is 0 Å². The molecule has 0 saturated carbocycles. The van der Waals surface area contributed by atoms with Crippen molar-refractivity contribution in [3.8, 4) is 0 Å². The van der Waals surface area contributed by atoms with E-state index < -0.39 is 11.2 Å². The molecule has 0 unspecified atom stereocenters. The molecule has 9 heteroatoms. The van der Waals surface area contributed by atoms with Gasteiger partial charge in [-0.3, -0.25) is 5.10 Å². The molecule has 0 atom stereocenters. The number of rotatable bonds is 3. The number of nitrogens with zero attached hydrogens (tertiary/aromatic N) is 3. The van der Waals surface area contributed by atoms with Crippen molar-refractivity contribution in [3.05, 3.63) is 35.0 Å². The molecule has 5 nitrogen and oxygen atoms in total. The number of alkyl halides is 3. The molecule has 104 valence electrons. The Morgan fingerprint density at radius 2 is 2.10 bits per heavy atom. The minimum atomic E-state index is -4.46. The molecule has 0 bridgehead atoms. The zero-order valence-electron chi connectivity index (χ0n) is 9.90. The number of aromatic nitrogens is 4. The van der Waals surface area contributed by atoms with Crippen LogP contribution in [0, 0.1) is 0 Å². The third-order valence-corrected chi connectivity index (χ3v) is 3.59. The predicted molar refractivity (Wildman–Crippen MR) is 68.3 cm³/mol. The number of hydrogen-bond acceptors (Lipinski definition) is 5. The number of halogens is 3. The van der Waals surface area contributed by atoms with E-state index in [0.717, 1.165) is 16.5 Å². The lowest BCUT2D eigenvalue weighted by Gasteiger charge is -2.03. The number of H-pyrrole nitrogens is 1. The van der Waals surface area contributed by atoms with Gasteiger partial charge in [0.05, 0.1) is 11.7 Å². The SMILES string of the molecule is FC(F)(F)c1nnc(NCc2cccc3cn[nH]c23)s1. The summed E-state index contributed by atoms with van der Waals surface area (Å²) in [6, 6.07) is 5.62. The molecule has 0 radical (unpaired) electrons. The van der Waals surface area contributed by atoms with Crippen LogP contribution in [0.2, 0.25) is 0 Å². The van der Waals surface area contributed by atoms with Crippen LogP contribution in [0.4, 0.5) is 18.3 Å². The Balaban J connectivity index is 1.76. The summed E-state index contributed by atoms with van der Waals surface area (Å²) >= 11 is 0.482. The molecular formula is C11H8F3N5S. The van der Waals surface area contributed by atoms with Gasteiger partial charge in [-0.2, -0.15) is 18.3 Å². The Bertz CT molecular complexity index is 733. The van der Waals surface area contributed by atoms with Crippen molar-refractivity contribution in [2.75, 3.05) is 5.32 Å². The quantitative estimate of drug-likeness (QED) is 0.780. The largest absolute Gasteiger partial charge is 0.445 e. The van der Waals surface area contributed by atoms with E-state index in [0.29, 0.717) is 17.9 Å². The maximum atomic E-state index is 12.4. The van der Waals surface area contributed by atoms with Gasteiger partial charge in [0, 0.05) is 11.9 Å². The fraction of sp³-hybridized carbons (Fsp3) is 0.182. The highest BCUT2D eigenvalue weighted by Gasteiger charge is 2.35. The summed E-state index contributed by atoms with van der Waals surface area (Å²) in [4.78, 5) is 0. The van der Waals surface area contributed by atoms with Gasteiger partial charge < -0.3 is 5.32 Å². The smallest absolute Gasteiger partial charge is 0.356 e. The van der Waals surface area contributed by atoms with Crippen LogP contribution in [0.15, 0.2) is 24.4 Å². The molecule has 0 aliphatic rings. The van der Waals surface area contributed by atoms with Crippen LogP contribution >= 0.6 is 11.3 Å². The average Bonchev–Trinajstić information content (AvgIpc) is 3.04. The Hall–Kier alpha value is -2.16. The van der Waals surface area contributed by atoms with Crippen molar-refractivity contribution in [1.29, 1.82) is 0 Å². The van der Waals surface area contributed by atoms with Crippen molar-refractivity contribution in [2.24, 2.45) is 0 Å². The Kier molecular flexibility index (Phi) is 3.05. The highest BCUT2D eigenvalue weighted by Crippen LogP contribution is 2.33. The minimum Gasteiger partial charge on any atom is -0.356 e. The molecule has 0 amide bonds. The topological polar surface area (TPSA) is 66.5 Å². The highest BCUT2D eigenvalue weighted by molar-refractivity contribution is 7.15. The highest BCUT2D eigenvalue weighted by atomic mass is 32.1. The summed E-state index contributed by atoms with van der Waals surface area (Å²) in [5, 5.41) is 16.3. The Labute approximate surface area is 114 Å². The lowest BCUT2D eigenvalue weighted by Crippen LogP contribution is -2.03. The molecular weight excluding hydrogens is 291 g/mol. The van der Waals surface area contributed by atoms with E-state index in [1.165, 1.54) is 0 Å². The molecule has 2 aromatic heterocycles. The normalized spacial score (nSPS) is 11.9. The summed E-state index contributed by atoms with van der Waals surface area (Å²) < 4.78 is 37.2. The number of aromatic amines is 1. The van der Waals surface area contributed by atoms with Crippen LogP contribution in [-0.4, -0.2) is 20.4 Å². The van der Waals surface area contributed by atoms with E-state index in [2.05, 4.69) is 25.7 Å².